The third-order valence-electron chi connectivity index (χ3n) is 5.20. The van der Waals surface area contributed by atoms with Crippen molar-refractivity contribution in [2.45, 2.75) is 20.3 Å². The lowest BCUT2D eigenvalue weighted by Crippen LogP contribution is -2.43. The smallest absolute Gasteiger partial charge is 0.329 e. The highest BCUT2D eigenvalue weighted by atomic mass is 16.5. The zero-order chi connectivity index (χ0) is 21.4. The lowest BCUT2D eigenvalue weighted by Gasteiger charge is -2.26. The average Bonchev–Trinajstić information content (AvgIpc) is 2.74. The van der Waals surface area contributed by atoms with Gasteiger partial charge in [-0.05, 0) is 31.0 Å². The average molecular weight is 401 g/mol. The van der Waals surface area contributed by atoms with Crippen molar-refractivity contribution in [3.63, 3.8) is 0 Å². The minimum atomic E-state index is -1.61. The summed E-state index contributed by atoms with van der Waals surface area (Å²) in [5, 5.41) is 0. The van der Waals surface area contributed by atoms with Crippen LogP contribution in [0.4, 0.5) is 0 Å². The van der Waals surface area contributed by atoms with Gasteiger partial charge in [0.15, 0.2) is 23.2 Å². The van der Waals surface area contributed by atoms with E-state index in [1.807, 2.05) is 43.3 Å². The molecular weight excluding hydrogens is 382 g/mol. The molecule has 1 aromatic heterocycles. The van der Waals surface area contributed by atoms with Gasteiger partial charge in [-0.25, -0.2) is 0 Å². The van der Waals surface area contributed by atoms with E-state index in [0.717, 1.165) is 12.5 Å². The lowest BCUT2D eigenvalue weighted by atomic mass is 9.89. The largest absolute Gasteiger partial charge is 0.424 e. The molecule has 0 bridgehead atoms. The van der Waals surface area contributed by atoms with Gasteiger partial charge in [0.2, 0.25) is 0 Å². The highest BCUT2D eigenvalue weighted by Gasteiger charge is 2.43. The number of para-hydroxylation sites is 1. The number of aromatic nitrogens is 1. The van der Waals surface area contributed by atoms with E-state index in [9.17, 15) is 19.2 Å². The molecule has 1 aliphatic rings. The Morgan fingerprint density at radius 3 is 2.13 bits per heavy atom. The first kappa shape index (κ1) is 19.5. The van der Waals surface area contributed by atoms with Gasteiger partial charge >= 0.3 is 5.97 Å². The zero-order valence-electron chi connectivity index (χ0n) is 16.5. The van der Waals surface area contributed by atoms with E-state index in [-0.39, 0.29) is 11.3 Å². The van der Waals surface area contributed by atoms with Crippen LogP contribution in [0.15, 0.2) is 65.5 Å². The second kappa shape index (κ2) is 7.55. The van der Waals surface area contributed by atoms with Crippen molar-refractivity contribution in [1.82, 2.24) is 4.57 Å². The third-order valence-corrected chi connectivity index (χ3v) is 5.20. The minimum Gasteiger partial charge on any atom is -0.424 e. The maximum atomic E-state index is 13.6. The molecule has 0 saturated heterocycles. The molecule has 0 N–H and O–H groups in total. The first-order valence-electron chi connectivity index (χ1n) is 9.64. The van der Waals surface area contributed by atoms with Gasteiger partial charge in [-0.15, -0.1) is 0 Å². The van der Waals surface area contributed by atoms with Crippen molar-refractivity contribution >= 4 is 17.5 Å². The summed E-state index contributed by atoms with van der Waals surface area (Å²) in [6.07, 6.45) is 0.408. The monoisotopic (exact) mass is 401 g/mol. The molecule has 1 unspecified atom stereocenters. The van der Waals surface area contributed by atoms with Crippen LogP contribution >= 0.6 is 0 Å². The SMILES string of the molecule is CCc1c2c(c(=O)n(-c3ccccc3)c1-c1ccccc1)C(=O)C(C(C)=O)C(=O)O2. The van der Waals surface area contributed by atoms with E-state index in [1.54, 1.807) is 24.3 Å². The Kier molecular flexibility index (Phi) is 4.91. The molecule has 0 saturated carbocycles. The van der Waals surface area contributed by atoms with Gasteiger partial charge in [0.05, 0.1) is 5.69 Å². The normalized spacial score (nSPS) is 15.5. The topological polar surface area (TPSA) is 82.4 Å². The van der Waals surface area contributed by atoms with Crippen molar-refractivity contribution in [2.24, 2.45) is 5.92 Å². The van der Waals surface area contributed by atoms with Gasteiger partial charge in [0.25, 0.3) is 5.56 Å². The van der Waals surface area contributed by atoms with Crippen molar-refractivity contribution in [1.29, 1.82) is 0 Å². The third kappa shape index (κ3) is 2.97. The predicted molar refractivity (Wildman–Crippen MR) is 111 cm³/mol. The summed E-state index contributed by atoms with van der Waals surface area (Å²) in [7, 11) is 0. The number of ketones is 2. The van der Waals surface area contributed by atoms with Gasteiger partial charge in [-0.3, -0.25) is 23.7 Å². The van der Waals surface area contributed by atoms with E-state index < -0.39 is 29.0 Å². The summed E-state index contributed by atoms with van der Waals surface area (Å²) < 4.78 is 6.90. The molecule has 1 aliphatic heterocycles. The molecule has 0 aliphatic carbocycles. The summed E-state index contributed by atoms with van der Waals surface area (Å²) >= 11 is 0. The van der Waals surface area contributed by atoms with Crippen LogP contribution in [0.2, 0.25) is 0 Å². The number of hydrogen-bond donors (Lipinski definition) is 0. The summed E-state index contributed by atoms with van der Waals surface area (Å²) in [5.74, 6) is -4.04. The molecule has 0 radical (unpaired) electrons. The Morgan fingerprint density at radius 2 is 1.57 bits per heavy atom. The summed E-state index contributed by atoms with van der Waals surface area (Å²) in [6.45, 7) is 3.00. The van der Waals surface area contributed by atoms with E-state index in [4.69, 9.17) is 4.74 Å². The molecule has 30 heavy (non-hydrogen) atoms. The second-order valence-electron chi connectivity index (χ2n) is 7.06. The number of rotatable bonds is 4. The molecule has 0 amide bonds. The molecular formula is C24H19NO5. The van der Waals surface area contributed by atoms with Gasteiger partial charge in [-0.1, -0.05) is 55.5 Å². The highest BCUT2D eigenvalue weighted by Crippen LogP contribution is 2.37. The van der Waals surface area contributed by atoms with Crippen molar-refractivity contribution < 1.29 is 19.1 Å². The molecule has 1 atom stereocenters. The number of ether oxygens (including phenoxy) is 1. The number of esters is 1. The fraction of sp³-hybridized carbons (Fsp3) is 0.167. The molecule has 4 rings (SSSR count). The van der Waals surface area contributed by atoms with E-state index in [2.05, 4.69) is 0 Å². The maximum Gasteiger partial charge on any atom is 0.329 e. The number of pyridine rings is 1. The Morgan fingerprint density at radius 1 is 0.967 bits per heavy atom. The molecule has 2 aromatic carbocycles. The van der Waals surface area contributed by atoms with Crippen LogP contribution < -0.4 is 10.3 Å². The summed E-state index contributed by atoms with van der Waals surface area (Å²) in [6, 6.07) is 18.2. The van der Waals surface area contributed by atoms with Gasteiger partial charge < -0.3 is 4.74 Å². The molecule has 150 valence electrons. The first-order chi connectivity index (χ1) is 14.5. The van der Waals surface area contributed by atoms with Crippen LogP contribution in [0.5, 0.6) is 5.75 Å². The number of Topliss-reactive ketones (excluding diaryl/α,β-unsaturated/α-hetero) is 2. The number of carbonyl (C=O) groups excluding carboxylic acids is 3. The van der Waals surface area contributed by atoms with Gasteiger partial charge in [-0.2, -0.15) is 0 Å². The van der Waals surface area contributed by atoms with E-state index >= 15 is 0 Å². The number of benzene rings is 2. The van der Waals surface area contributed by atoms with Crippen molar-refractivity contribution in [3.8, 4) is 22.7 Å². The van der Waals surface area contributed by atoms with Crippen LogP contribution in [0.3, 0.4) is 0 Å². The van der Waals surface area contributed by atoms with Gasteiger partial charge in [0.1, 0.15) is 5.56 Å². The Bertz CT molecular complexity index is 1230. The van der Waals surface area contributed by atoms with Crippen LogP contribution in [0.25, 0.3) is 16.9 Å². The fourth-order valence-electron chi connectivity index (χ4n) is 3.85. The number of nitrogens with zero attached hydrogens (tertiary/aromatic N) is 1. The summed E-state index contributed by atoms with van der Waals surface area (Å²) in [4.78, 5) is 51.0. The standard InChI is InChI=1S/C24H19NO5/c1-3-17-20(15-10-6-4-7-11-15)25(16-12-8-5-9-13-16)23(28)19-21(27)18(14(2)26)24(29)30-22(17)19/h4-13,18H,3H2,1-2H3. The molecule has 0 spiro atoms. The van der Waals surface area contributed by atoms with E-state index in [0.29, 0.717) is 23.4 Å². The van der Waals surface area contributed by atoms with Crippen LogP contribution in [0.1, 0.15) is 29.8 Å². The Hall–Kier alpha value is -3.80. The number of fused-ring (bicyclic) bond motifs is 1. The Balaban J connectivity index is 2.16. The van der Waals surface area contributed by atoms with Gasteiger partial charge in [0, 0.05) is 11.3 Å². The van der Waals surface area contributed by atoms with Crippen LogP contribution in [-0.2, 0) is 16.0 Å². The molecule has 6 heteroatoms. The highest BCUT2D eigenvalue weighted by molar-refractivity contribution is 6.25. The van der Waals surface area contributed by atoms with Crippen molar-refractivity contribution in [3.05, 3.63) is 82.1 Å². The molecule has 3 aromatic rings. The van der Waals surface area contributed by atoms with Crippen molar-refractivity contribution in [2.75, 3.05) is 0 Å². The zero-order valence-corrected chi connectivity index (χ0v) is 16.5. The molecule has 2 heterocycles. The van der Waals surface area contributed by atoms with E-state index in [1.165, 1.54) is 4.57 Å². The summed E-state index contributed by atoms with van der Waals surface area (Å²) in [5.41, 5.74) is 1.56. The maximum absolute atomic E-state index is 13.6. The number of carbonyl (C=O) groups is 3. The minimum absolute atomic E-state index is 0.0407. The predicted octanol–water partition coefficient (Wildman–Crippen LogP) is 3.37. The molecule has 6 nitrogen and oxygen atoms in total. The quantitative estimate of drug-likeness (QED) is 0.494. The number of hydrogen-bond acceptors (Lipinski definition) is 5. The fourth-order valence-corrected chi connectivity index (χ4v) is 3.85. The molecule has 0 fully saturated rings. The second-order valence-corrected chi connectivity index (χ2v) is 7.06. The first-order valence-corrected chi connectivity index (χ1v) is 9.64. The van der Waals surface area contributed by atoms with Crippen LogP contribution in [-0.4, -0.2) is 22.1 Å². The lowest BCUT2D eigenvalue weighted by molar-refractivity contribution is -0.141. The van der Waals surface area contributed by atoms with Crippen LogP contribution in [0, 0.1) is 5.92 Å². The Labute approximate surface area is 172 Å².